The zero-order valence-electron chi connectivity index (χ0n) is 10.4. The van der Waals surface area contributed by atoms with Gasteiger partial charge < -0.3 is 20.9 Å². The first-order chi connectivity index (χ1) is 8.22. The van der Waals surface area contributed by atoms with Crippen molar-refractivity contribution in [3.63, 3.8) is 0 Å². The Labute approximate surface area is 107 Å². The van der Waals surface area contributed by atoms with Crippen molar-refractivity contribution in [3.05, 3.63) is 0 Å². The molecule has 0 aliphatic carbocycles. The number of hydrogen-bond donors (Lipinski definition) is 3. The third kappa shape index (κ3) is 5.30. The molecule has 1 rings (SSSR count). The summed E-state index contributed by atoms with van der Waals surface area (Å²) in [5, 5.41) is 12.4. The lowest BCUT2D eigenvalue weighted by atomic mass is 10.0. The SMILES string of the molecule is CS(=O)(=O)CCC(N)C(=O)NCC1(O)CCOC1. The molecule has 1 aliphatic heterocycles. The molecule has 8 heteroatoms. The Morgan fingerprint density at radius 2 is 2.28 bits per heavy atom. The van der Waals surface area contributed by atoms with Gasteiger partial charge >= 0.3 is 0 Å². The molecule has 0 aromatic rings. The van der Waals surface area contributed by atoms with Crippen LogP contribution in [-0.4, -0.2) is 62.8 Å². The van der Waals surface area contributed by atoms with Crippen molar-refractivity contribution in [2.45, 2.75) is 24.5 Å². The highest BCUT2D eigenvalue weighted by atomic mass is 32.2. The summed E-state index contributed by atoms with van der Waals surface area (Å²) in [6.07, 6.45) is 1.63. The minimum atomic E-state index is -3.12. The summed E-state index contributed by atoms with van der Waals surface area (Å²) in [6.45, 7) is 0.719. The number of hydrogen-bond acceptors (Lipinski definition) is 6. The number of carbonyl (C=O) groups is 1. The molecule has 0 bridgehead atoms. The molecule has 0 saturated carbocycles. The summed E-state index contributed by atoms with van der Waals surface area (Å²) in [6, 6.07) is -0.884. The highest BCUT2D eigenvalue weighted by molar-refractivity contribution is 7.90. The largest absolute Gasteiger partial charge is 0.386 e. The van der Waals surface area contributed by atoms with Gasteiger partial charge in [0.1, 0.15) is 15.4 Å². The zero-order chi connectivity index (χ0) is 13.8. The smallest absolute Gasteiger partial charge is 0.237 e. The molecule has 4 N–H and O–H groups in total. The maximum atomic E-state index is 11.6. The van der Waals surface area contributed by atoms with E-state index in [0.717, 1.165) is 6.26 Å². The number of nitrogens with two attached hydrogens (primary N) is 1. The van der Waals surface area contributed by atoms with E-state index in [1.165, 1.54) is 0 Å². The number of carbonyl (C=O) groups excluding carboxylic acids is 1. The molecule has 0 aromatic heterocycles. The molecule has 1 amide bonds. The van der Waals surface area contributed by atoms with E-state index in [0.29, 0.717) is 13.0 Å². The predicted molar refractivity (Wildman–Crippen MR) is 65.7 cm³/mol. The minimum absolute atomic E-state index is 0.0679. The minimum Gasteiger partial charge on any atom is -0.386 e. The average molecular weight is 280 g/mol. The number of sulfone groups is 1. The van der Waals surface area contributed by atoms with Crippen LogP contribution < -0.4 is 11.1 Å². The maximum absolute atomic E-state index is 11.6. The lowest BCUT2D eigenvalue weighted by molar-refractivity contribution is -0.123. The molecule has 2 atom stereocenters. The van der Waals surface area contributed by atoms with Crippen LogP contribution in [0.25, 0.3) is 0 Å². The fourth-order valence-electron chi connectivity index (χ4n) is 1.59. The molecule has 0 aromatic carbocycles. The predicted octanol–water partition coefficient (Wildman–Crippen LogP) is -1.98. The van der Waals surface area contributed by atoms with Crippen LogP contribution in [0.15, 0.2) is 0 Å². The highest BCUT2D eigenvalue weighted by Gasteiger charge is 2.33. The monoisotopic (exact) mass is 280 g/mol. The number of amides is 1. The zero-order valence-corrected chi connectivity index (χ0v) is 11.2. The average Bonchev–Trinajstić information content (AvgIpc) is 2.69. The third-order valence-corrected chi connectivity index (χ3v) is 3.79. The van der Waals surface area contributed by atoms with Gasteiger partial charge in [0.05, 0.1) is 18.4 Å². The second-order valence-corrected chi connectivity index (χ2v) is 7.03. The molecule has 0 spiro atoms. The Balaban J connectivity index is 2.31. The summed E-state index contributed by atoms with van der Waals surface area (Å²) >= 11 is 0. The lowest BCUT2D eigenvalue weighted by Crippen LogP contribution is -2.49. The van der Waals surface area contributed by atoms with Crippen LogP contribution >= 0.6 is 0 Å². The first-order valence-corrected chi connectivity index (χ1v) is 7.79. The van der Waals surface area contributed by atoms with Crippen molar-refractivity contribution in [2.24, 2.45) is 5.73 Å². The number of rotatable bonds is 6. The topological polar surface area (TPSA) is 119 Å². The van der Waals surface area contributed by atoms with Gasteiger partial charge in [-0.15, -0.1) is 0 Å². The Hall–Kier alpha value is -0.700. The van der Waals surface area contributed by atoms with Gasteiger partial charge in [-0.25, -0.2) is 8.42 Å². The van der Waals surface area contributed by atoms with E-state index in [4.69, 9.17) is 10.5 Å². The van der Waals surface area contributed by atoms with Crippen molar-refractivity contribution < 1.29 is 23.1 Å². The van der Waals surface area contributed by atoms with Gasteiger partial charge in [0.2, 0.25) is 5.91 Å². The van der Waals surface area contributed by atoms with Gasteiger partial charge in [0.25, 0.3) is 0 Å². The molecule has 0 radical (unpaired) electrons. The van der Waals surface area contributed by atoms with Gasteiger partial charge in [-0.05, 0) is 6.42 Å². The molecule has 1 saturated heterocycles. The number of ether oxygens (including phenoxy) is 1. The first-order valence-electron chi connectivity index (χ1n) is 5.73. The Kier molecular flexibility index (Phi) is 5.09. The Bertz CT molecular complexity index is 389. The Morgan fingerprint density at radius 1 is 1.61 bits per heavy atom. The molecule has 18 heavy (non-hydrogen) atoms. The second kappa shape index (κ2) is 5.96. The first kappa shape index (κ1) is 15.4. The van der Waals surface area contributed by atoms with E-state index in [9.17, 15) is 18.3 Å². The van der Waals surface area contributed by atoms with E-state index >= 15 is 0 Å². The van der Waals surface area contributed by atoms with Crippen molar-refractivity contribution >= 4 is 15.7 Å². The summed E-state index contributed by atoms with van der Waals surface area (Å²) < 4.78 is 26.9. The molecular weight excluding hydrogens is 260 g/mol. The van der Waals surface area contributed by atoms with Crippen molar-refractivity contribution in [3.8, 4) is 0 Å². The number of aliphatic hydroxyl groups is 1. The number of nitrogens with one attached hydrogen (secondary N) is 1. The van der Waals surface area contributed by atoms with Crippen LogP contribution in [0.3, 0.4) is 0 Å². The fourth-order valence-corrected chi connectivity index (χ4v) is 2.27. The van der Waals surface area contributed by atoms with Crippen LogP contribution in [0.1, 0.15) is 12.8 Å². The van der Waals surface area contributed by atoms with Crippen molar-refractivity contribution in [1.82, 2.24) is 5.32 Å². The normalized spacial score (nSPS) is 25.9. The summed E-state index contributed by atoms with van der Waals surface area (Å²) in [5.41, 5.74) is 4.53. The van der Waals surface area contributed by atoms with Crippen molar-refractivity contribution in [1.29, 1.82) is 0 Å². The van der Waals surface area contributed by atoms with Gasteiger partial charge in [-0.2, -0.15) is 0 Å². The van der Waals surface area contributed by atoms with Gasteiger partial charge in [-0.3, -0.25) is 4.79 Å². The van der Waals surface area contributed by atoms with E-state index in [1.807, 2.05) is 0 Å². The van der Waals surface area contributed by atoms with Crippen LogP contribution in [0.5, 0.6) is 0 Å². The van der Waals surface area contributed by atoms with Crippen LogP contribution in [-0.2, 0) is 19.4 Å². The molecule has 2 unspecified atom stereocenters. The molecule has 1 heterocycles. The lowest BCUT2D eigenvalue weighted by Gasteiger charge is -2.21. The molecule has 1 fully saturated rings. The second-order valence-electron chi connectivity index (χ2n) is 4.77. The third-order valence-electron chi connectivity index (χ3n) is 2.81. The highest BCUT2D eigenvalue weighted by Crippen LogP contribution is 2.16. The summed E-state index contributed by atoms with van der Waals surface area (Å²) in [5.74, 6) is -0.589. The molecule has 7 nitrogen and oxygen atoms in total. The van der Waals surface area contributed by atoms with Gasteiger partial charge in [0, 0.05) is 25.8 Å². The Morgan fingerprint density at radius 3 is 2.78 bits per heavy atom. The summed E-state index contributed by atoms with van der Waals surface area (Å²) in [4.78, 5) is 11.6. The van der Waals surface area contributed by atoms with Crippen LogP contribution in [0.4, 0.5) is 0 Å². The van der Waals surface area contributed by atoms with E-state index in [-0.39, 0.29) is 25.3 Å². The maximum Gasteiger partial charge on any atom is 0.237 e. The van der Waals surface area contributed by atoms with E-state index < -0.39 is 27.4 Å². The summed E-state index contributed by atoms with van der Waals surface area (Å²) in [7, 11) is -3.12. The molecular formula is C10H20N2O5S. The van der Waals surface area contributed by atoms with E-state index in [2.05, 4.69) is 5.32 Å². The molecule has 1 aliphatic rings. The quantitative estimate of drug-likeness (QED) is 0.518. The van der Waals surface area contributed by atoms with Crippen LogP contribution in [0.2, 0.25) is 0 Å². The molecule has 106 valence electrons. The fraction of sp³-hybridized carbons (Fsp3) is 0.900. The van der Waals surface area contributed by atoms with Gasteiger partial charge in [0.15, 0.2) is 0 Å². The van der Waals surface area contributed by atoms with Crippen molar-refractivity contribution in [2.75, 3.05) is 31.8 Å². The standard InChI is InChI=1S/C10H20N2O5S/c1-18(15,16)5-2-8(11)9(13)12-6-10(14)3-4-17-7-10/h8,14H,2-7,11H2,1H3,(H,12,13). The van der Waals surface area contributed by atoms with Gasteiger partial charge in [-0.1, -0.05) is 0 Å². The van der Waals surface area contributed by atoms with E-state index in [1.54, 1.807) is 0 Å². The van der Waals surface area contributed by atoms with Crippen LogP contribution in [0, 0.1) is 0 Å².